The fourth-order valence-corrected chi connectivity index (χ4v) is 4.79. The lowest BCUT2D eigenvalue weighted by Crippen LogP contribution is -2.30. The van der Waals surface area contributed by atoms with Crippen LogP contribution in [0.2, 0.25) is 5.02 Å². The topological polar surface area (TPSA) is 87.3 Å². The second kappa shape index (κ2) is 14.3. The maximum atomic E-state index is 13.3. The first-order chi connectivity index (χ1) is 19.8. The van der Waals surface area contributed by atoms with Gasteiger partial charge in [0.05, 0.1) is 5.75 Å². The minimum absolute atomic E-state index is 0.0351. The summed E-state index contributed by atoms with van der Waals surface area (Å²) in [7, 11) is 0. The van der Waals surface area contributed by atoms with Crippen LogP contribution in [0.3, 0.4) is 0 Å². The van der Waals surface area contributed by atoms with Gasteiger partial charge in [-0.15, -0.1) is 11.8 Å². The van der Waals surface area contributed by atoms with Gasteiger partial charge in [0.15, 0.2) is 0 Å². The zero-order valence-electron chi connectivity index (χ0n) is 22.7. The summed E-state index contributed by atoms with van der Waals surface area (Å²) < 4.78 is 0. The maximum Gasteiger partial charge on any atom is 0.272 e. The molecule has 0 saturated carbocycles. The molecule has 4 aromatic carbocycles. The lowest BCUT2D eigenvalue weighted by molar-refractivity contribution is -0.114. The van der Waals surface area contributed by atoms with Crippen LogP contribution in [0.4, 0.5) is 11.4 Å². The Hall–Kier alpha value is -4.33. The Morgan fingerprint density at radius 2 is 1.51 bits per heavy atom. The van der Waals surface area contributed by atoms with Crippen LogP contribution >= 0.6 is 23.4 Å². The van der Waals surface area contributed by atoms with Crippen molar-refractivity contribution in [3.63, 3.8) is 0 Å². The van der Waals surface area contributed by atoms with Gasteiger partial charge in [0.2, 0.25) is 5.91 Å². The summed E-state index contributed by atoms with van der Waals surface area (Å²) in [5.74, 6) is -0.443. The Morgan fingerprint density at radius 1 is 0.805 bits per heavy atom. The number of amides is 3. The van der Waals surface area contributed by atoms with Crippen molar-refractivity contribution in [2.75, 3.05) is 16.4 Å². The Bertz CT molecular complexity index is 1550. The number of nitrogens with one attached hydrogen (secondary N) is 3. The maximum absolute atomic E-state index is 13.3. The average Bonchev–Trinajstić information content (AvgIpc) is 2.97. The van der Waals surface area contributed by atoms with Crippen LogP contribution in [0.25, 0.3) is 6.08 Å². The van der Waals surface area contributed by atoms with Gasteiger partial charge < -0.3 is 16.0 Å². The van der Waals surface area contributed by atoms with Crippen LogP contribution in [0.1, 0.15) is 41.3 Å². The molecule has 0 aliphatic heterocycles. The smallest absolute Gasteiger partial charge is 0.272 e. The standard InChI is InChI=1S/C33H30ClN3O3S/c1-22(2)23-15-17-26(18-16-23)35-31(38)21-41-28-13-8-12-27(20-28)36-33(40)30(19-25-11-6-7-14-29(25)34)37-32(39)24-9-4-3-5-10-24/h3-20,22H,21H2,1-2H3,(H,35,38)(H,36,40)(H,37,39)/b30-19+. The summed E-state index contributed by atoms with van der Waals surface area (Å²) in [6, 6.07) is 30.7. The molecule has 0 aromatic heterocycles. The van der Waals surface area contributed by atoms with Crippen LogP contribution in [-0.2, 0) is 9.59 Å². The van der Waals surface area contributed by atoms with E-state index in [0.717, 1.165) is 10.6 Å². The monoisotopic (exact) mass is 583 g/mol. The second-order valence-corrected chi connectivity index (χ2v) is 11.0. The van der Waals surface area contributed by atoms with Gasteiger partial charge in [-0.1, -0.05) is 80.0 Å². The van der Waals surface area contributed by atoms with Crippen molar-refractivity contribution in [3.05, 3.63) is 131 Å². The summed E-state index contributed by atoms with van der Waals surface area (Å²) in [4.78, 5) is 39.5. The molecule has 4 aromatic rings. The predicted molar refractivity (Wildman–Crippen MR) is 168 cm³/mol. The molecule has 0 spiro atoms. The molecular formula is C33H30ClN3O3S. The normalized spacial score (nSPS) is 11.2. The van der Waals surface area contributed by atoms with Crippen molar-refractivity contribution in [2.45, 2.75) is 24.7 Å². The van der Waals surface area contributed by atoms with Crippen LogP contribution in [0, 0.1) is 0 Å². The molecule has 0 heterocycles. The zero-order chi connectivity index (χ0) is 29.2. The highest BCUT2D eigenvalue weighted by molar-refractivity contribution is 8.00. The van der Waals surface area contributed by atoms with E-state index in [2.05, 4.69) is 29.8 Å². The van der Waals surface area contributed by atoms with Crippen LogP contribution in [-0.4, -0.2) is 23.5 Å². The first kappa shape index (κ1) is 29.6. The van der Waals surface area contributed by atoms with E-state index in [9.17, 15) is 14.4 Å². The quantitative estimate of drug-likeness (QED) is 0.132. The van der Waals surface area contributed by atoms with Gasteiger partial charge in [-0.2, -0.15) is 0 Å². The predicted octanol–water partition coefficient (Wildman–Crippen LogP) is 7.60. The molecule has 208 valence electrons. The minimum atomic E-state index is -0.515. The molecule has 6 nitrogen and oxygen atoms in total. The summed E-state index contributed by atoms with van der Waals surface area (Å²) in [5, 5.41) is 8.91. The van der Waals surface area contributed by atoms with Crippen molar-refractivity contribution in [1.29, 1.82) is 0 Å². The SMILES string of the molecule is CC(C)c1ccc(NC(=O)CSc2cccc(NC(=O)/C(=C\c3ccccc3Cl)NC(=O)c3ccccc3)c2)cc1. The molecule has 0 aliphatic carbocycles. The van der Waals surface area contributed by atoms with E-state index in [1.54, 1.807) is 66.7 Å². The number of anilines is 2. The van der Waals surface area contributed by atoms with E-state index < -0.39 is 11.8 Å². The van der Waals surface area contributed by atoms with Gasteiger partial charge >= 0.3 is 0 Å². The van der Waals surface area contributed by atoms with E-state index in [1.807, 2.05) is 36.4 Å². The third-order valence-electron chi connectivity index (χ3n) is 6.06. The van der Waals surface area contributed by atoms with Gasteiger partial charge in [-0.05, 0) is 71.7 Å². The molecule has 0 aliphatic rings. The molecule has 3 amide bonds. The Morgan fingerprint density at radius 3 is 2.22 bits per heavy atom. The molecule has 41 heavy (non-hydrogen) atoms. The highest BCUT2D eigenvalue weighted by Gasteiger charge is 2.16. The first-order valence-electron chi connectivity index (χ1n) is 13.0. The van der Waals surface area contributed by atoms with E-state index in [0.29, 0.717) is 27.8 Å². The van der Waals surface area contributed by atoms with Gasteiger partial charge in [0.1, 0.15) is 5.70 Å². The van der Waals surface area contributed by atoms with E-state index in [-0.39, 0.29) is 17.4 Å². The summed E-state index contributed by atoms with van der Waals surface area (Å²) >= 11 is 7.67. The minimum Gasteiger partial charge on any atom is -0.325 e. The summed E-state index contributed by atoms with van der Waals surface area (Å²) in [5.41, 5.74) is 3.51. The number of hydrogen-bond donors (Lipinski definition) is 3. The van der Waals surface area contributed by atoms with Crippen LogP contribution < -0.4 is 16.0 Å². The molecule has 0 saturated heterocycles. The zero-order valence-corrected chi connectivity index (χ0v) is 24.3. The van der Waals surface area contributed by atoms with E-state index in [1.165, 1.54) is 23.4 Å². The van der Waals surface area contributed by atoms with Crippen molar-refractivity contribution >= 4 is 58.5 Å². The van der Waals surface area contributed by atoms with E-state index in [4.69, 9.17) is 11.6 Å². The third kappa shape index (κ3) is 8.83. The van der Waals surface area contributed by atoms with Gasteiger partial charge in [-0.3, -0.25) is 14.4 Å². The summed E-state index contributed by atoms with van der Waals surface area (Å²) in [6.07, 6.45) is 1.54. The highest BCUT2D eigenvalue weighted by Crippen LogP contribution is 2.24. The molecule has 8 heteroatoms. The molecule has 0 unspecified atom stereocenters. The fourth-order valence-electron chi connectivity index (χ4n) is 3.85. The number of carbonyl (C=O) groups is 3. The van der Waals surface area contributed by atoms with Gasteiger partial charge in [0.25, 0.3) is 11.8 Å². The van der Waals surface area contributed by atoms with Crippen molar-refractivity contribution < 1.29 is 14.4 Å². The lowest BCUT2D eigenvalue weighted by Gasteiger charge is -2.13. The third-order valence-corrected chi connectivity index (χ3v) is 7.39. The van der Waals surface area contributed by atoms with Crippen LogP contribution in [0.5, 0.6) is 0 Å². The number of benzene rings is 4. The Kier molecular flexibility index (Phi) is 10.4. The fraction of sp³-hybridized carbons (Fsp3) is 0.121. The molecule has 0 radical (unpaired) electrons. The largest absolute Gasteiger partial charge is 0.325 e. The van der Waals surface area contributed by atoms with Gasteiger partial charge in [-0.25, -0.2) is 0 Å². The average molecular weight is 584 g/mol. The molecule has 0 bridgehead atoms. The number of hydrogen-bond acceptors (Lipinski definition) is 4. The number of carbonyl (C=O) groups excluding carboxylic acids is 3. The summed E-state index contributed by atoms with van der Waals surface area (Å²) in [6.45, 7) is 4.25. The van der Waals surface area contributed by atoms with Crippen molar-refractivity contribution in [2.24, 2.45) is 0 Å². The van der Waals surface area contributed by atoms with Crippen LogP contribution in [0.15, 0.2) is 114 Å². The van der Waals surface area contributed by atoms with Crippen molar-refractivity contribution in [1.82, 2.24) is 5.32 Å². The number of rotatable bonds is 10. The number of halogens is 1. The Balaban J connectivity index is 1.43. The molecule has 0 atom stereocenters. The molecular weight excluding hydrogens is 554 g/mol. The van der Waals surface area contributed by atoms with Gasteiger partial charge in [0, 0.05) is 26.9 Å². The molecule has 3 N–H and O–H groups in total. The lowest BCUT2D eigenvalue weighted by atomic mass is 10.0. The molecule has 4 rings (SSSR count). The van der Waals surface area contributed by atoms with E-state index >= 15 is 0 Å². The second-order valence-electron chi connectivity index (χ2n) is 9.50. The Labute approximate surface area is 249 Å². The highest BCUT2D eigenvalue weighted by atomic mass is 35.5. The first-order valence-corrected chi connectivity index (χ1v) is 14.4. The molecule has 0 fully saturated rings. The van der Waals surface area contributed by atoms with Crippen molar-refractivity contribution in [3.8, 4) is 0 Å². The number of thioether (sulfide) groups is 1.